The number of anilines is 2. The van der Waals surface area contributed by atoms with Gasteiger partial charge in [0.05, 0.1) is 4.92 Å². The van der Waals surface area contributed by atoms with E-state index < -0.39 is 10.8 Å². The van der Waals surface area contributed by atoms with Gasteiger partial charge in [-0.15, -0.1) is 0 Å². The molecule has 2 aromatic rings. The molecule has 8 nitrogen and oxygen atoms in total. The number of para-hydroxylation sites is 1. The average Bonchev–Trinajstić information content (AvgIpc) is 3.05. The first-order valence-corrected chi connectivity index (χ1v) is 7.98. The first kappa shape index (κ1) is 17.6. The van der Waals surface area contributed by atoms with Crippen LogP contribution in [0, 0.1) is 10.1 Å². The monoisotopic (exact) mass is 355 g/mol. The maximum atomic E-state index is 12.4. The number of hydrogen-bond donors (Lipinski definition) is 1. The second kappa shape index (κ2) is 7.32. The Hall–Kier alpha value is -3.26. The van der Waals surface area contributed by atoms with E-state index in [2.05, 4.69) is 5.32 Å². The van der Waals surface area contributed by atoms with Gasteiger partial charge in [0.25, 0.3) is 17.5 Å². The van der Waals surface area contributed by atoms with E-state index in [1.54, 1.807) is 23.1 Å². The third-order valence-electron chi connectivity index (χ3n) is 4.15. The largest absolute Gasteiger partial charge is 0.375 e. The van der Waals surface area contributed by atoms with Crippen LogP contribution >= 0.6 is 0 Å². The maximum Gasteiger partial charge on any atom is 0.282 e. The standard InChI is InChI=1S/C18H17N3O5/c1-26-11-17(22)20-9-8-12-6-7-13(10-16(12)20)19-18(23)14-4-2-3-5-15(14)21(24)25/h2-7,10H,8-9,11H2,1H3,(H,19,23). The van der Waals surface area contributed by atoms with Crippen LogP contribution in [0.3, 0.4) is 0 Å². The van der Waals surface area contributed by atoms with E-state index in [-0.39, 0.29) is 23.8 Å². The number of amides is 2. The van der Waals surface area contributed by atoms with Crippen LogP contribution in [0.15, 0.2) is 42.5 Å². The minimum atomic E-state index is -0.594. The topological polar surface area (TPSA) is 102 Å². The molecule has 0 fully saturated rings. The Bertz CT molecular complexity index is 881. The molecule has 0 bridgehead atoms. The summed E-state index contributed by atoms with van der Waals surface area (Å²) in [7, 11) is 1.46. The summed E-state index contributed by atoms with van der Waals surface area (Å²) < 4.78 is 4.89. The molecule has 8 heteroatoms. The van der Waals surface area contributed by atoms with Gasteiger partial charge in [-0.1, -0.05) is 18.2 Å². The van der Waals surface area contributed by atoms with Gasteiger partial charge < -0.3 is 15.0 Å². The molecule has 134 valence electrons. The fourth-order valence-corrected chi connectivity index (χ4v) is 2.94. The first-order valence-electron chi connectivity index (χ1n) is 7.98. The lowest BCUT2D eigenvalue weighted by atomic mass is 10.1. The zero-order valence-electron chi connectivity index (χ0n) is 14.1. The molecule has 1 N–H and O–H groups in total. The molecule has 0 radical (unpaired) electrons. The van der Waals surface area contributed by atoms with E-state index in [1.807, 2.05) is 6.07 Å². The molecule has 3 rings (SSSR count). The number of methoxy groups -OCH3 is 1. The predicted octanol–water partition coefficient (Wildman–Crippen LogP) is 2.38. The Balaban J connectivity index is 1.84. The highest BCUT2D eigenvalue weighted by atomic mass is 16.6. The zero-order chi connectivity index (χ0) is 18.7. The fraction of sp³-hybridized carbons (Fsp3) is 0.222. The molecule has 0 spiro atoms. The lowest BCUT2D eigenvalue weighted by Crippen LogP contribution is -2.32. The number of fused-ring (bicyclic) bond motifs is 1. The number of nitrogens with one attached hydrogen (secondary N) is 1. The average molecular weight is 355 g/mol. The zero-order valence-corrected chi connectivity index (χ0v) is 14.1. The third kappa shape index (κ3) is 3.40. The molecule has 0 aliphatic carbocycles. The van der Waals surface area contributed by atoms with Crippen molar-refractivity contribution in [3.8, 4) is 0 Å². The summed E-state index contributed by atoms with van der Waals surface area (Å²) in [6.45, 7) is 0.533. The number of carbonyl (C=O) groups excluding carboxylic acids is 2. The van der Waals surface area contributed by atoms with E-state index in [9.17, 15) is 19.7 Å². The Kier molecular flexibility index (Phi) is 4.94. The van der Waals surface area contributed by atoms with Crippen molar-refractivity contribution in [1.29, 1.82) is 0 Å². The van der Waals surface area contributed by atoms with E-state index in [1.165, 1.54) is 25.3 Å². The van der Waals surface area contributed by atoms with Crippen LogP contribution < -0.4 is 10.2 Å². The van der Waals surface area contributed by atoms with Crippen LogP contribution in [0.1, 0.15) is 15.9 Å². The minimum Gasteiger partial charge on any atom is -0.375 e. The Morgan fingerprint density at radius 2 is 2.04 bits per heavy atom. The van der Waals surface area contributed by atoms with Gasteiger partial charge in [0.2, 0.25) is 0 Å². The van der Waals surface area contributed by atoms with Crippen LogP contribution in [0.2, 0.25) is 0 Å². The number of benzene rings is 2. The van der Waals surface area contributed by atoms with E-state index in [0.717, 1.165) is 12.0 Å². The molecule has 0 aromatic heterocycles. The molecule has 1 aliphatic heterocycles. The molecular weight excluding hydrogens is 338 g/mol. The Morgan fingerprint density at radius 3 is 2.77 bits per heavy atom. The van der Waals surface area contributed by atoms with Crippen molar-refractivity contribution in [3.63, 3.8) is 0 Å². The van der Waals surface area contributed by atoms with Crippen LogP contribution in [0.4, 0.5) is 17.1 Å². The van der Waals surface area contributed by atoms with Gasteiger partial charge in [0.1, 0.15) is 12.2 Å². The summed E-state index contributed by atoms with van der Waals surface area (Å²) in [5.74, 6) is -0.738. The summed E-state index contributed by atoms with van der Waals surface area (Å²) in [5.41, 5.74) is 1.89. The quantitative estimate of drug-likeness (QED) is 0.655. The summed E-state index contributed by atoms with van der Waals surface area (Å²) >= 11 is 0. The molecule has 0 saturated heterocycles. The van der Waals surface area contributed by atoms with E-state index in [4.69, 9.17) is 4.74 Å². The van der Waals surface area contributed by atoms with Gasteiger partial charge in [0.15, 0.2) is 0 Å². The number of nitrogens with zero attached hydrogens (tertiary/aromatic N) is 2. The number of rotatable bonds is 5. The van der Waals surface area contributed by atoms with Crippen LogP contribution in [-0.2, 0) is 16.0 Å². The smallest absolute Gasteiger partial charge is 0.282 e. The molecule has 0 saturated carbocycles. The van der Waals surface area contributed by atoms with Gasteiger partial charge in [-0.3, -0.25) is 19.7 Å². The van der Waals surface area contributed by atoms with Crippen molar-refractivity contribution in [2.45, 2.75) is 6.42 Å². The lowest BCUT2D eigenvalue weighted by molar-refractivity contribution is -0.385. The summed E-state index contributed by atoms with van der Waals surface area (Å²) in [6.07, 6.45) is 0.725. The van der Waals surface area contributed by atoms with Gasteiger partial charge in [0, 0.05) is 31.1 Å². The van der Waals surface area contributed by atoms with E-state index >= 15 is 0 Å². The molecular formula is C18H17N3O5. The summed E-state index contributed by atoms with van der Waals surface area (Å²) in [5, 5.41) is 13.7. The third-order valence-corrected chi connectivity index (χ3v) is 4.15. The van der Waals surface area contributed by atoms with Crippen LogP contribution in [0.5, 0.6) is 0 Å². The molecule has 0 unspecified atom stereocenters. The van der Waals surface area contributed by atoms with Crippen LogP contribution in [-0.4, -0.2) is 37.0 Å². The first-order chi connectivity index (χ1) is 12.5. The van der Waals surface area contributed by atoms with Gasteiger partial charge >= 0.3 is 0 Å². The highest BCUT2D eigenvalue weighted by Gasteiger charge is 2.25. The molecule has 1 heterocycles. The molecule has 2 aromatic carbocycles. The number of hydrogen-bond acceptors (Lipinski definition) is 5. The molecule has 0 atom stereocenters. The van der Waals surface area contributed by atoms with Crippen molar-refractivity contribution >= 4 is 28.9 Å². The Labute approximate surface area is 149 Å². The number of nitro benzene ring substituents is 1. The maximum absolute atomic E-state index is 12.4. The molecule has 26 heavy (non-hydrogen) atoms. The van der Waals surface area contributed by atoms with Gasteiger partial charge in [-0.05, 0) is 30.2 Å². The SMILES string of the molecule is COCC(=O)N1CCc2ccc(NC(=O)c3ccccc3[N+](=O)[O-])cc21. The fourth-order valence-electron chi connectivity index (χ4n) is 2.94. The summed E-state index contributed by atoms with van der Waals surface area (Å²) in [4.78, 5) is 36.7. The molecule has 2 amide bonds. The van der Waals surface area contributed by atoms with Crippen molar-refractivity contribution < 1.29 is 19.2 Å². The summed E-state index contributed by atoms with van der Waals surface area (Å²) in [6, 6.07) is 11.0. The normalized spacial score (nSPS) is 12.6. The number of nitro groups is 1. The van der Waals surface area contributed by atoms with Gasteiger partial charge in [-0.25, -0.2) is 0 Å². The van der Waals surface area contributed by atoms with Gasteiger partial charge in [-0.2, -0.15) is 0 Å². The Morgan fingerprint density at radius 1 is 1.27 bits per heavy atom. The minimum absolute atomic E-state index is 0.0216. The highest BCUT2D eigenvalue weighted by Crippen LogP contribution is 2.31. The van der Waals surface area contributed by atoms with Crippen molar-refractivity contribution in [1.82, 2.24) is 0 Å². The second-order valence-corrected chi connectivity index (χ2v) is 5.80. The highest BCUT2D eigenvalue weighted by molar-refractivity contribution is 6.07. The number of carbonyl (C=O) groups is 2. The van der Waals surface area contributed by atoms with Crippen LogP contribution in [0.25, 0.3) is 0 Å². The van der Waals surface area contributed by atoms with E-state index in [0.29, 0.717) is 17.9 Å². The van der Waals surface area contributed by atoms with Crippen molar-refractivity contribution in [2.24, 2.45) is 0 Å². The lowest BCUT2D eigenvalue weighted by Gasteiger charge is -2.17. The van der Waals surface area contributed by atoms with Crippen molar-refractivity contribution in [3.05, 3.63) is 63.7 Å². The second-order valence-electron chi connectivity index (χ2n) is 5.80. The molecule has 1 aliphatic rings. The number of ether oxygens (including phenoxy) is 1. The predicted molar refractivity (Wildman–Crippen MR) is 95.4 cm³/mol. The van der Waals surface area contributed by atoms with Crippen molar-refractivity contribution in [2.75, 3.05) is 30.5 Å².